The molecule has 1 nitrogen and oxygen atoms in total. The van der Waals surface area contributed by atoms with Crippen molar-refractivity contribution < 1.29 is 4.79 Å². The minimum atomic E-state index is 0.717. The largest absolute Gasteiger partial charge is 0.298 e. The van der Waals surface area contributed by atoms with Crippen molar-refractivity contribution in [1.82, 2.24) is 0 Å². The zero-order chi connectivity index (χ0) is 12.3. The maximum Gasteiger partial charge on any atom is 0.150 e. The lowest BCUT2D eigenvalue weighted by molar-refractivity contribution is 0.112. The molecule has 0 bridgehead atoms. The van der Waals surface area contributed by atoms with E-state index in [9.17, 15) is 4.79 Å². The summed E-state index contributed by atoms with van der Waals surface area (Å²) in [5, 5.41) is 0.722. The van der Waals surface area contributed by atoms with Crippen LogP contribution in [0.4, 0.5) is 0 Å². The summed E-state index contributed by atoms with van der Waals surface area (Å²) < 4.78 is 0.916. The van der Waals surface area contributed by atoms with Crippen LogP contribution in [0.5, 0.6) is 0 Å². The van der Waals surface area contributed by atoms with Crippen LogP contribution in [0.1, 0.15) is 21.5 Å². The topological polar surface area (TPSA) is 17.1 Å². The number of benzene rings is 2. The first-order chi connectivity index (χ1) is 8.19. The zero-order valence-electron chi connectivity index (χ0n) is 8.99. The molecule has 0 saturated carbocycles. The van der Waals surface area contributed by atoms with E-state index in [1.54, 1.807) is 0 Å². The number of carbonyl (C=O) groups is 1. The maximum atomic E-state index is 11.0. The van der Waals surface area contributed by atoms with Crippen molar-refractivity contribution in [2.45, 2.75) is 6.42 Å². The molecule has 17 heavy (non-hydrogen) atoms. The van der Waals surface area contributed by atoms with Crippen LogP contribution in [0.2, 0.25) is 5.02 Å². The van der Waals surface area contributed by atoms with E-state index in [-0.39, 0.29) is 0 Å². The van der Waals surface area contributed by atoms with Gasteiger partial charge in [0.25, 0.3) is 0 Å². The first-order valence-electron chi connectivity index (χ1n) is 5.17. The summed E-state index contributed by atoms with van der Waals surface area (Å²) in [6.45, 7) is 0. The molecule has 2 rings (SSSR count). The molecule has 0 atom stereocenters. The Labute approximate surface area is 114 Å². The predicted octanol–water partition coefficient (Wildman–Crippen LogP) is 4.51. The normalized spacial score (nSPS) is 10.2. The van der Waals surface area contributed by atoms with Gasteiger partial charge >= 0.3 is 0 Å². The Hall–Kier alpha value is -1.12. The van der Waals surface area contributed by atoms with Crippen molar-refractivity contribution in [3.8, 4) is 0 Å². The molecule has 0 aliphatic carbocycles. The Bertz CT molecular complexity index is 534. The fourth-order valence-electron chi connectivity index (χ4n) is 1.66. The van der Waals surface area contributed by atoms with Crippen molar-refractivity contribution in [2.75, 3.05) is 0 Å². The second kappa shape index (κ2) is 5.48. The van der Waals surface area contributed by atoms with Crippen LogP contribution in [0.25, 0.3) is 0 Å². The van der Waals surface area contributed by atoms with Crippen LogP contribution < -0.4 is 0 Å². The van der Waals surface area contributed by atoms with Gasteiger partial charge in [-0.05, 0) is 41.8 Å². The quantitative estimate of drug-likeness (QED) is 0.763. The fraction of sp³-hybridized carbons (Fsp3) is 0.0714. The van der Waals surface area contributed by atoms with Crippen LogP contribution in [0.3, 0.4) is 0 Å². The monoisotopic (exact) mass is 308 g/mol. The van der Waals surface area contributed by atoms with Gasteiger partial charge in [0.1, 0.15) is 6.29 Å². The molecule has 0 saturated heterocycles. The van der Waals surface area contributed by atoms with Gasteiger partial charge in [0, 0.05) is 15.1 Å². The van der Waals surface area contributed by atoms with E-state index < -0.39 is 0 Å². The highest BCUT2D eigenvalue weighted by Crippen LogP contribution is 2.19. The summed E-state index contributed by atoms with van der Waals surface area (Å²) in [6.07, 6.45) is 1.62. The molecule has 2 aromatic carbocycles. The average Bonchev–Trinajstić information content (AvgIpc) is 2.34. The molecule has 0 spiro atoms. The van der Waals surface area contributed by atoms with Gasteiger partial charge in [-0.25, -0.2) is 0 Å². The number of hydrogen-bond acceptors (Lipinski definition) is 1. The highest BCUT2D eigenvalue weighted by atomic mass is 79.9. The Balaban J connectivity index is 2.29. The molecule has 86 valence electrons. The Kier molecular flexibility index (Phi) is 3.97. The molecule has 0 unspecified atom stereocenters. The van der Waals surface area contributed by atoms with Gasteiger partial charge in [0.2, 0.25) is 0 Å². The highest BCUT2D eigenvalue weighted by molar-refractivity contribution is 9.10. The SMILES string of the molecule is O=Cc1cc(Br)ccc1Cc1ccc(Cl)cc1. The molecule has 0 heterocycles. The smallest absolute Gasteiger partial charge is 0.150 e. The summed E-state index contributed by atoms with van der Waals surface area (Å²) in [5.41, 5.74) is 2.87. The number of hydrogen-bond donors (Lipinski definition) is 0. The Morgan fingerprint density at radius 3 is 2.47 bits per heavy atom. The summed E-state index contributed by atoms with van der Waals surface area (Å²) in [7, 11) is 0. The van der Waals surface area contributed by atoms with Crippen molar-refractivity contribution in [1.29, 1.82) is 0 Å². The van der Waals surface area contributed by atoms with Gasteiger partial charge in [-0.1, -0.05) is 45.7 Å². The summed E-state index contributed by atoms with van der Waals surface area (Å²) in [5.74, 6) is 0. The zero-order valence-corrected chi connectivity index (χ0v) is 11.3. The molecule has 0 aromatic heterocycles. The first-order valence-corrected chi connectivity index (χ1v) is 6.34. The molecule has 3 heteroatoms. The summed E-state index contributed by atoms with van der Waals surface area (Å²) >= 11 is 9.19. The van der Waals surface area contributed by atoms with E-state index in [0.717, 1.165) is 33.3 Å². The molecule has 2 aromatic rings. The van der Waals surface area contributed by atoms with E-state index in [0.29, 0.717) is 5.56 Å². The van der Waals surface area contributed by atoms with Gasteiger partial charge in [-0.15, -0.1) is 0 Å². The van der Waals surface area contributed by atoms with E-state index in [1.165, 1.54) is 0 Å². The van der Waals surface area contributed by atoms with Crippen molar-refractivity contribution in [3.63, 3.8) is 0 Å². The lowest BCUT2D eigenvalue weighted by Crippen LogP contribution is -1.94. The minimum Gasteiger partial charge on any atom is -0.298 e. The van der Waals surface area contributed by atoms with Crippen LogP contribution in [0.15, 0.2) is 46.9 Å². The second-order valence-corrected chi connectivity index (χ2v) is 5.12. The molecule has 0 radical (unpaired) electrons. The van der Waals surface area contributed by atoms with Gasteiger partial charge < -0.3 is 0 Å². The lowest BCUT2D eigenvalue weighted by atomic mass is 10.0. The van der Waals surface area contributed by atoms with Gasteiger partial charge in [-0.3, -0.25) is 4.79 Å². The van der Waals surface area contributed by atoms with Gasteiger partial charge in [0.15, 0.2) is 0 Å². The molecule has 0 N–H and O–H groups in total. The number of aldehydes is 1. The summed E-state index contributed by atoms with van der Waals surface area (Å²) in [4.78, 5) is 11.0. The molecular formula is C14H10BrClO. The first kappa shape index (κ1) is 12.3. The van der Waals surface area contributed by atoms with Crippen molar-refractivity contribution in [2.24, 2.45) is 0 Å². The fourth-order valence-corrected chi connectivity index (χ4v) is 2.16. The minimum absolute atomic E-state index is 0.717. The molecule has 0 aliphatic heterocycles. The van der Waals surface area contributed by atoms with Crippen molar-refractivity contribution in [3.05, 3.63) is 68.7 Å². The summed E-state index contributed by atoms with van der Waals surface area (Å²) in [6, 6.07) is 13.4. The molecule has 0 fully saturated rings. The number of rotatable bonds is 3. The van der Waals surface area contributed by atoms with Crippen molar-refractivity contribution >= 4 is 33.8 Å². The molecule has 0 aliphatic rings. The van der Waals surface area contributed by atoms with Crippen LogP contribution in [0, 0.1) is 0 Å². The predicted molar refractivity (Wildman–Crippen MR) is 73.8 cm³/mol. The Morgan fingerprint density at radius 2 is 1.82 bits per heavy atom. The van der Waals surface area contributed by atoms with E-state index >= 15 is 0 Å². The Morgan fingerprint density at radius 1 is 1.12 bits per heavy atom. The lowest BCUT2D eigenvalue weighted by Gasteiger charge is -2.05. The van der Waals surface area contributed by atoms with Crippen LogP contribution in [-0.2, 0) is 6.42 Å². The van der Waals surface area contributed by atoms with Gasteiger partial charge in [-0.2, -0.15) is 0 Å². The van der Waals surface area contributed by atoms with Crippen LogP contribution >= 0.6 is 27.5 Å². The standard InChI is InChI=1S/C14H10BrClO/c15-13-4-3-11(12(8-13)9-17)7-10-1-5-14(16)6-2-10/h1-6,8-9H,7H2. The third kappa shape index (κ3) is 3.18. The van der Waals surface area contributed by atoms with E-state index in [4.69, 9.17) is 11.6 Å². The van der Waals surface area contributed by atoms with Gasteiger partial charge in [0.05, 0.1) is 0 Å². The second-order valence-electron chi connectivity index (χ2n) is 3.76. The van der Waals surface area contributed by atoms with E-state index in [2.05, 4.69) is 15.9 Å². The number of halogens is 2. The molecular weight excluding hydrogens is 300 g/mol. The maximum absolute atomic E-state index is 11.0. The third-order valence-corrected chi connectivity index (χ3v) is 3.29. The highest BCUT2D eigenvalue weighted by Gasteiger charge is 2.03. The van der Waals surface area contributed by atoms with E-state index in [1.807, 2.05) is 42.5 Å². The molecule has 0 amide bonds. The van der Waals surface area contributed by atoms with Crippen LogP contribution in [-0.4, -0.2) is 6.29 Å². The number of carbonyl (C=O) groups excluding carboxylic acids is 1. The third-order valence-electron chi connectivity index (χ3n) is 2.54. The average molecular weight is 310 g/mol.